The number of aliphatic hydroxyl groups excluding tert-OH is 1. The van der Waals surface area contributed by atoms with E-state index in [0.29, 0.717) is 86.2 Å². The third-order valence-electron chi connectivity index (χ3n) is 16.7. The first-order valence-corrected chi connectivity index (χ1v) is 32.7. The summed E-state index contributed by atoms with van der Waals surface area (Å²) in [5.41, 5.74) is 3.86. The van der Waals surface area contributed by atoms with Crippen molar-refractivity contribution in [2.45, 2.75) is 117 Å². The van der Waals surface area contributed by atoms with Gasteiger partial charge < -0.3 is 58.0 Å². The molecule has 0 unspecified atom stereocenters. The van der Waals surface area contributed by atoms with E-state index in [-0.39, 0.29) is 149 Å². The number of hydrogen-bond donors (Lipinski definition) is 2. The standard InChI is InChI=1S/C72H86N6O19/c1-8-12-50-34-52-42-73-58-40-64(62(89-6)38-56(58)69(85)76(52)43-50)95-25-11-26-96-65-41-59-57(39-63(65)90-7)70(86)77-44-51(13-9-2)35-60(77)71(87)78(59)72(88)97-45-49-17-15-48(16-18-49)36-61(81)47(5)74-68(84)55(46(3)4)37-54(80)22-27-92-29-31-94-33-32-93-30-28-91-24-10-14-53(79)21-23-75-66(82)19-20-67(75)83/h8-9,12-13,15-20,38-44,46-47,52,55,60H,10-11,14,21-37,45H2,1-7H3,(H,74,84)/p+1/b12-8+,13-9+/t47-,52-,55+,60-/m0/s1. The maximum Gasteiger partial charge on any atom is 0.421 e. The van der Waals surface area contributed by atoms with Gasteiger partial charge in [0.25, 0.3) is 17.7 Å². The van der Waals surface area contributed by atoms with Gasteiger partial charge in [-0.2, -0.15) is 4.58 Å². The molecule has 3 aromatic carbocycles. The number of ketones is 3. The second-order valence-electron chi connectivity index (χ2n) is 24.0. The Morgan fingerprint density at radius 1 is 0.691 bits per heavy atom. The molecule has 0 aromatic heterocycles. The van der Waals surface area contributed by atoms with E-state index in [4.69, 9.17) is 42.6 Å². The summed E-state index contributed by atoms with van der Waals surface area (Å²) in [4.78, 5) is 126. The zero-order chi connectivity index (χ0) is 69.5. The van der Waals surface area contributed by atoms with Gasteiger partial charge in [0.1, 0.15) is 23.7 Å². The van der Waals surface area contributed by atoms with Crippen LogP contribution >= 0.6 is 0 Å². The predicted molar refractivity (Wildman–Crippen MR) is 357 cm³/mol. The topological polar surface area (TPSA) is 294 Å². The van der Waals surface area contributed by atoms with Gasteiger partial charge in [0.2, 0.25) is 11.9 Å². The van der Waals surface area contributed by atoms with Crippen molar-refractivity contribution in [3.05, 3.63) is 131 Å². The van der Waals surface area contributed by atoms with E-state index in [0.717, 1.165) is 20.9 Å². The molecular formula is C72H87N6O19+. The summed E-state index contributed by atoms with van der Waals surface area (Å²) in [7, 11) is 2.92. The third kappa shape index (κ3) is 19.9. The molecule has 25 nitrogen and oxygen atoms in total. The van der Waals surface area contributed by atoms with Crippen LogP contribution in [0.5, 0.6) is 23.0 Å². The minimum atomic E-state index is -1.02. The van der Waals surface area contributed by atoms with Crippen LogP contribution in [0.3, 0.4) is 0 Å². The molecule has 0 fully saturated rings. The molecule has 8 rings (SSSR count). The summed E-state index contributed by atoms with van der Waals surface area (Å²) in [5.74, 6) is -2.63. The van der Waals surface area contributed by atoms with Crippen LogP contribution in [0.4, 0.5) is 16.2 Å². The Labute approximate surface area is 564 Å². The lowest BCUT2D eigenvalue weighted by molar-refractivity contribution is -0.482. The van der Waals surface area contributed by atoms with Gasteiger partial charge in [-0.25, -0.2) is 9.69 Å². The molecule has 0 spiro atoms. The number of imide groups is 2. The van der Waals surface area contributed by atoms with E-state index < -0.39 is 47.7 Å². The smallest absolute Gasteiger partial charge is 0.421 e. The van der Waals surface area contributed by atoms with Gasteiger partial charge in [-0.3, -0.25) is 48.2 Å². The number of allylic oxidation sites excluding steroid dienone is 4. The van der Waals surface area contributed by atoms with Crippen LogP contribution in [-0.4, -0.2) is 190 Å². The van der Waals surface area contributed by atoms with E-state index in [1.54, 1.807) is 60.6 Å². The molecule has 6 amide bonds. The number of Topliss-reactive ketones (excluding diaryl/α,β-unsaturated/α-hetero) is 3. The number of carbonyl (C=O) groups is 9. The number of nitrogens with one attached hydrogen (secondary N) is 1. The van der Waals surface area contributed by atoms with Crippen molar-refractivity contribution in [3.63, 3.8) is 0 Å². The Balaban J connectivity index is 0.759. The lowest BCUT2D eigenvalue weighted by Gasteiger charge is -2.22. The van der Waals surface area contributed by atoms with Crippen LogP contribution in [0.1, 0.15) is 113 Å². The molecule has 2 N–H and O–H groups in total. The van der Waals surface area contributed by atoms with Crippen LogP contribution in [-0.2, 0) is 70.3 Å². The normalized spacial score (nSPS) is 17.1. The van der Waals surface area contributed by atoms with Gasteiger partial charge in [-0.05, 0) is 62.3 Å². The highest BCUT2D eigenvalue weighted by Gasteiger charge is 2.48. The number of methoxy groups -OCH3 is 2. The fraction of sp³-hybridized carbons (Fsp3) is 0.458. The molecule has 0 bridgehead atoms. The highest BCUT2D eigenvalue weighted by Crippen LogP contribution is 2.41. The molecule has 25 heteroatoms. The van der Waals surface area contributed by atoms with Crippen molar-refractivity contribution in [1.82, 2.24) is 15.1 Å². The van der Waals surface area contributed by atoms with Crippen LogP contribution in [0.2, 0.25) is 0 Å². The monoisotopic (exact) mass is 1340 g/mol. The Morgan fingerprint density at radius 2 is 1.30 bits per heavy atom. The minimum absolute atomic E-state index is 0.00740. The number of amides is 6. The second kappa shape index (κ2) is 36.1. The summed E-state index contributed by atoms with van der Waals surface area (Å²) in [6.07, 6.45) is 16.3. The summed E-state index contributed by atoms with van der Waals surface area (Å²) in [5, 5.41) is 14.7. The number of rotatable bonds is 39. The zero-order valence-electron chi connectivity index (χ0n) is 56.1. The van der Waals surface area contributed by atoms with Crippen LogP contribution in [0.25, 0.3) is 0 Å². The fourth-order valence-electron chi connectivity index (χ4n) is 11.3. The van der Waals surface area contributed by atoms with Crippen molar-refractivity contribution in [1.29, 1.82) is 0 Å². The number of nitrogens with zero attached hydrogens (tertiary/aromatic N) is 5. The number of hydrogen-bond acceptors (Lipinski definition) is 19. The van der Waals surface area contributed by atoms with Gasteiger partial charge in [0.05, 0.1) is 109 Å². The number of carbonyl (C=O) groups excluding carboxylic acids is 9. The Morgan fingerprint density at radius 3 is 1.94 bits per heavy atom. The van der Waals surface area contributed by atoms with Crippen LogP contribution in [0, 0.1) is 11.8 Å². The molecule has 0 saturated heterocycles. The van der Waals surface area contributed by atoms with Crippen molar-refractivity contribution >= 4 is 76.5 Å². The molecule has 5 aliphatic rings. The summed E-state index contributed by atoms with van der Waals surface area (Å²) >= 11 is 0. The number of ether oxygens (including phenoxy) is 9. The molecule has 97 heavy (non-hydrogen) atoms. The van der Waals surface area contributed by atoms with Gasteiger partial charge in [0.15, 0.2) is 35.0 Å². The molecule has 0 radical (unpaired) electrons. The number of aliphatic hydroxyl groups is 1. The van der Waals surface area contributed by atoms with Gasteiger partial charge in [0, 0.05) is 106 Å². The number of fused-ring (bicyclic) bond motifs is 4. The van der Waals surface area contributed by atoms with E-state index in [1.165, 1.54) is 43.1 Å². The van der Waals surface area contributed by atoms with Crippen LogP contribution in [0.15, 0.2) is 114 Å². The average molecular weight is 1340 g/mol. The molecule has 5 aliphatic heterocycles. The minimum Gasteiger partial charge on any atom is -0.493 e. The first-order chi connectivity index (χ1) is 46.8. The Bertz CT molecular complexity index is 3600. The highest BCUT2D eigenvalue weighted by atomic mass is 16.6. The van der Waals surface area contributed by atoms with E-state index in [9.17, 15) is 48.3 Å². The average Bonchev–Trinajstić information content (AvgIpc) is 1.62. The summed E-state index contributed by atoms with van der Waals surface area (Å²) in [6, 6.07) is 10.9. The van der Waals surface area contributed by atoms with Gasteiger partial charge in [-0.15, -0.1) is 0 Å². The van der Waals surface area contributed by atoms with Crippen molar-refractivity contribution < 1.29 is 95.5 Å². The Kier molecular flexibility index (Phi) is 27.3. The molecule has 0 aliphatic carbocycles. The number of anilines is 1. The Hall–Kier alpha value is -9.43. The van der Waals surface area contributed by atoms with Crippen molar-refractivity contribution in [2.75, 3.05) is 91.7 Å². The number of benzene rings is 3. The second-order valence-corrected chi connectivity index (χ2v) is 24.0. The largest absolute Gasteiger partial charge is 0.493 e. The molecule has 0 saturated carbocycles. The molecule has 518 valence electrons. The van der Waals surface area contributed by atoms with Crippen molar-refractivity contribution in [2.24, 2.45) is 16.8 Å². The van der Waals surface area contributed by atoms with E-state index >= 15 is 0 Å². The summed E-state index contributed by atoms with van der Waals surface area (Å²) < 4.78 is 53.1. The maximum atomic E-state index is 14.6. The van der Waals surface area contributed by atoms with E-state index in [2.05, 4.69) is 10.3 Å². The van der Waals surface area contributed by atoms with Crippen molar-refractivity contribution in [3.8, 4) is 23.0 Å². The fourth-order valence-corrected chi connectivity index (χ4v) is 11.3. The molecule has 4 atom stereocenters. The third-order valence-corrected chi connectivity index (χ3v) is 16.7. The SMILES string of the molecule is C/C=C/C1=CN2C(=O)c3cc(OC)c(OCCCOc4cc5c(cc4OC)C(O)=[N+]4C=C(/C=C/C)C[C@H]4C(=O)N5C(=O)OCc4ccc(CC(=O)[C@H](C)NC(=O)[C@H](CC(=O)CCOCCOCCOCCOCCCC(=O)CCN5C(=O)C=CC5=O)C(C)C)cc4)cc3N=C[C@@H]2C1. The van der Waals surface area contributed by atoms with E-state index in [1.807, 2.05) is 58.2 Å². The zero-order valence-corrected chi connectivity index (χ0v) is 56.1. The number of aliphatic imine (C=N–C) groups is 1. The molecular weight excluding hydrogens is 1250 g/mol. The predicted octanol–water partition coefficient (Wildman–Crippen LogP) is 8.14. The maximum absolute atomic E-state index is 14.6. The lowest BCUT2D eigenvalue weighted by Crippen LogP contribution is -2.45. The first-order valence-electron chi connectivity index (χ1n) is 32.7. The van der Waals surface area contributed by atoms with Gasteiger partial charge in [-0.1, -0.05) is 62.4 Å². The molecule has 3 aromatic rings. The first kappa shape index (κ1) is 73.4. The molecule has 5 heterocycles. The van der Waals surface area contributed by atoms with Gasteiger partial charge >= 0.3 is 17.9 Å². The highest BCUT2D eigenvalue weighted by molar-refractivity contribution is 6.19. The van der Waals surface area contributed by atoms with Crippen LogP contribution < -0.4 is 29.2 Å². The summed E-state index contributed by atoms with van der Waals surface area (Å²) in [6.45, 7) is 11.5. The lowest BCUT2D eigenvalue weighted by atomic mass is 9.88. The quantitative estimate of drug-likeness (QED) is 0.0309.